The van der Waals surface area contributed by atoms with E-state index < -0.39 is 35.2 Å². The van der Waals surface area contributed by atoms with E-state index in [0.29, 0.717) is 6.42 Å². The Kier molecular flexibility index (Phi) is 3.59. The molecule has 2 N–H and O–H groups in total. The molecule has 6 heteroatoms. The van der Waals surface area contributed by atoms with Gasteiger partial charge < -0.3 is 19.7 Å². The molecule has 2 fully saturated rings. The van der Waals surface area contributed by atoms with Crippen LogP contribution in [0.5, 0.6) is 0 Å². The molecule has 2 aliphatic rings. The zero-order chi connectivity index (χ0) is 15.3. The molecule has 0 aromatic rings. The Labute approximate surface area is 118 Å². The Morgan fingerprint density at radius 3 is 2.25 bits per heavy atom. The van der Waals surface area contributed by atoms with Crippen molar-refractivity contribution in [1.82, 2.24) is 0 Å². The predicted molar refractivity (Wildman–Crippen MR) is 68.5 cm³/mol. The molecular weight excluding hydrogens is 264 g/mol. The van der Waals surface area contributed by atoms with Crippen molar-refractivity contribution in [3.8, 4) is 0 Å². The van der Waals surface area contributed by atoms with E-state index in [1.807, 2.05) is 0 Å². The first-order valence-electron chi connectivity index (χ1n) is 6.86. The third-order valence-corrected chi connectivity index (χ3v) is 5.04. The molecule has 20 heavy (non-hydrogen) atoms. The number of aliphatic hydroxyl groups excluding tert-OH is 1. The minimum absolute atomic E-state index is 0.203. The van der Waals surface area contributed by atoms with Crippen molar-refractivity contribution in [2.45, 2.75) is 51.9 Å². The van der Waals surface area contributed by atoms with Crippen molar-refractivity contribution < 1.29 is 29.3 Å². The number of esters is 2. The lowest BCUT2D eigenvalue weighted by molar-refractivity contribution is -0.180. The van der Waals surface area contributed by atoms with Gasteiger partial charge in [0.1, 0.15) is 17.8 Å². The predicted octanol–water partition coefficient (Wildman–Crippen LogP) is 0.249. The van der Waals surface area contributed by atoms with Crippen molar-refractivity contribution in [3.63, 3.8) is 0 Å². The van der Waals surface area contributed by atoms with Crippen LogP contribution in [0.4, 0.5) is 0 Å². The third-order valence-electron chi connectivity index (χ3n) is 5.04. The summed E-state index contributed by atoms with van der Waals surface area (Å²) in [4.78, 5) is 22.5. The standard InChI is InChI=1S/C14H22O6/c1-7-10(19-8(2)16)5-11-13(4,6-15)14(11,18)12(7)20-9(3)17/h7,10-12,15,18H,5-6H2,1-4H3/t7-,10-,11?,12+,13?,14+/m0/s1. The van der Waals surface area contributed by atoms with Crippen LogP contribution >= 0.6 is 0 Å². The number of hydrogen-bond acceptors (Lipinski definition) is 6. The van der Waals surface area contributed by atoms with Crippen LogP contribution in [0, 0.1) is 17.3 Å². The molecule has 0 aromatic carbocycles. The average molecular weight is 286 g/mol. The molecule has 0 heterocycles. The Morgan fingerprint density at radius 2 is 1.80 bits per heavy atom. The molecule has 6 atom stereocenters. The minimum Gasteiger partial charge on any atom is -0.462 e. The van der Waals surface area contributed by atoms with Crippen molar-refractivity contribution >= 4 is 11.9 Å². The maximum atomic E-state index is 11.3. The fourth-order valence-corrected chi connectivity index (χ4v) is 3.77. The largest absolute Gasteiger partial charge is 0.462 e. The van der Waals surface area contributed by atoms with Crippen LogP contribution in [0.1, 0.15) is 34.1 Å². The number of aliphatic hydroxyl groups is 2. The second kappa shape index (κ2) is 4.70. The molecule has 2 unspecified atom stereocenters. The summed E-state index contributed by atoms with van der Waals surface area (Å²) in [5.74, 6) is -1.47. The number of fused-ring (bicyclic) bond motifs is 1. The molecule has 0 bridgehead atoms. The molecule has 0 aromatic heterocycles. The zero-order valence-electron chi connectivity index (χ0n) is 12.3. The smallest absolute Gasteiger partial charge is 0.303 e. The molecule has 0 amide bonds. The minimum atomic E-state index is -1.25. The van der Waals surface area contributed by atoms with E-state index in [9.17, 15) is 19.8 Å². The summed E-state index contributed by atoms with van der Waals surface area (Å²) in [6.07, 6.45) is -0.734. The van der Waals surface area contributed by atoms with Crippen molar-refractivity contribution in [3.05, 3.63) is 0 Å². The molecule has 0 saturated heterocycles. The van der Waals surface area contributed by atoms with Crippen molar-refractivity contribution in [2.24, 2.45) is 17.3 Å². The zero-order valence-corrected chi connectivity index (χ0v) is 12.3. The van der Waals surface area contributed by atoms with E-state index in [2.05, 4.69) is 0 Å². The fourth-order valence-electron chi connectivity index (χ4n) is 3.77. The van der Waals surface area contributed by atoms with Gasteiger partial charge in [0.25, 0.3) is 0 Å². The lowest BCUT2D eigenvalue weighted by Gasteiger charge is -2.38. The van der Waals surface area contributed by atoms with Crippen LogP contribution in [0.15, 0.2) is 0 Å². The van der Waals surface area contributed by atoms with E-state index in [0.717, 1.165) is 0 Å². The third kappa shape index (κ3) is 1.93. The highest BCUT2D eigenvalue weighted by Crippen LogP contribution is 2.69. The molecule has 0 aliphatic heterocycles. The SMILES string of the molecule is CC(=O)O[C@H]1CC2C(C)(CO)[C@]2(O)[C@H](OC(C)=O)[C@H]1C. The van der Waals surface area contributed by atoms with Gasteiger partial charge in [-0.05, 0) is 6.42 Å². The Morgan fingerprint density at radius 1 is 1.25 bits per heavy atom. The maximum Gasteiger partial charge on any atom is 0.303 e. The van der Waals surface area contributed by atoms with Gasteiger partial charge in [-0.15, -0.1) is 0 Å². The van der Waals surface area contributed by atoms with Crippen LogP contribution < -0.4 is 0 Å². The summed E-state index contributed by atoms with van der Waals surface area (Å²) in [5, 5.41) is 20.4. The first-order valence-corrected chi connectivity index (χ1v) is 6.86. The van der Waals surface area contributed by atoms with Gasteiger partial charge in [-0.2, -0.15) is 0 Å². The molecule has 6 nitrogen and oxygen atoms in total. The average Bonchev–Trinajstić information content (AvgIpc) is 2.83. The Balaban J connectivity index is 2.29. The van der Waals surface area contributed by atoms with Gasteiger partial charge in [0, 0.05) is 31.1 Å². The van der Waals surface area contributed by atoms with Gasteiger partial charge in [-0.3, -0.25) is 9.59 Å². The van der Waals surface area contributed by atoms with Gasteiger partial charge in [-0.1, -0.05) is 13.8 Å². The highest BCUT2D eigenvalue weighted by Gasteiger charge is 2.80. The lowest BCUT2D eigenvalue weighted by Crippen LogP contribution is -2.50. The number of carbonyl (C=O) groups excluding carboxylic acids is 2. The Bertz CT molecular complexity index is 435. The highest BCUT2D eigenvalue weighted by atomic mass is 16.6. The monoisotopic (exact) mass is 286 g/mol. The second-order valence-electron chi connectivity index (χ2n) is 6.23. The van der Waals surface area contributed by atoms with E-state index in [1.54, 1.807) is 13.8 Å². The van der Waals surface area contributed by atoms with Crippen LogP contribution in [0.3, 0.4) is 0 Å². The van der Waals surface area contributed by atoms with Crippen LogP contribution in [-0.2, 0) is 19.1 Å². The van der Waals surface area contributed by atoms with Gasteiger partial charge in [-0.25, -0.2) is 0 Å². The first-order chi connectivity index (χ1) is 9.18. The fraction of sp³-hybridized carbons (Fsp3) is 0.857. The summed E-state index contributed by atoms with van der Waals surface area (Å²) < 4.78 is 10.6. The molecule has 2 saturated carbocycles. The summed E-state index contributed by atoms with van der Waals surface area (Å²) in [6, 6.07) is 0. The second-order valence-corrected chi connectivity index (χ2v) is 6.23. The van der Waals surface area contributed by atoms with Crippen LogP contribution in [0.2, 0.25) is 0 Å². The topological polar surface area (TPSA) is 93.1 Å². The number of hydrogen-bond donors (Lipinski definition) is 2. The number of rotatable bonds is 3. The van der Waals surface area contributed by atoms with Gasteiger partial charge in [0.15, 0.2) is 0 Å². The van der Waals surface area contributed by atoms with Crippen molar-refractivity contribution in [1.29, 1.82) is 0 Å². The normalized spacial score (nSPS) is 46.3. The molecule has 0 radical (unpaired) electrons. The highest BCUT2D eigenvalue weighted by molar-refractivity contribution is 5.67. The summed E-state index contributed by atoms with van der Waals surface area (Å²) in [5.41, 5.74) is -1.97. The Hall–Kier alpha value is -1.14. The van der Waals surface area contributed by atoms with Gasteiger partial charge >= 0.3 is 11.9 Å². The van der Waals surface area contributed by atoms with Crippen LogP contribution in [-0.4, -0.2) is 46.6 Å². The number of ether oxygens (including phenoxy) is 2. The quantitative estimate of drug-likeness (QED) is 0.722. The van der Waals surface area contributed by atoms with Crippen LogP contribution in [0.25, 0.3) is 0 Å². The summed E-state index contributed by atoms with van der Waals surface area (Å²) in [6.45, 7) is 5.94. The lowest BCUT2D eigenvalue weighted by atomic mass is 9.82. The van der Waals surface area contributed by atoms with E-state index in [1.165, 1.54) is 13.8 Å². The summed E-state index contributed by atoms with van der Waals surface area (Å²) in [7, 11) is 0. The van der Waals surface area contributed by atoms with E-state index in [-0.39, 0.29) is 18.4 Å². The van der Waals surface area contributed by atoms with Gasteiger partial charge in [0.2, 0.25) is 0 Å². The maximum absolute atomic E-state index is 11.3. The van der Waals surface area contributed by atoms with E-state index >= 15 is 0 Å². The van der Waals surface area contributed by atoms with E-state index in [4.69, 9.17) is 9.47 Å². The molecular formula is C14H22O6. The van der Waals surface area contributed by atoms with Gasteiger partial charge in [0.05, 0.1) is 6.61 Å². The first kappa shape index (κ1) is 15.3. The van der Waals surface area contributed by atoms with Crippen molar-refractivity contribution in [2.75, 3.05) is 6.61 Å². The molecule has 114 valence electrons. The molecule has 0 spiro atoms. The number of carbonyl (C=O) groups is 2. The molecule has 2 rings (SSSR count). The molecule has 2 aliphatic carbocycles. The summed E-state index contributed by atoms with van der Waals surface area (Å²) >= 11 is 0.